The first-order chi connectivity index (χ1) is 7.22. The standard InChI is InChI=1S/C10H7ClF2N2/c11-4-7-5-15(6-14-7)10-8(12)2-1-3-9(10)13/h1-3,5-6H,4H2. The molecule has 0 spiro atoms. The molecule has 2 aromatic rings. The minimum atomic E-state index is -0.631. The summed E-state index contributed by atoms with van der Waals surface area (Å²) in [5, 5.41) is 0. The third-order valence-electron chi connectivity index (χ3n) is 1.97. The zero-order valence-corrected chi connectivity index (χ0v) is 8.38. The first-order valence-corrected chi connectivity index (χ1v) is 4.79. The maximum Gasteiger partial charge on any atom is 0.150 e. The molecule has 0 N–H and O–H groups in total. The third-order valence-corrected chi connectivity index (χ3v) is 2.24. The molecule has 0 aliphatic carbocycles. The van der Waals surface area contributed by atoms with Crippen molar-refractivity contribution < 1.29 is 8.78 Å². The molecule has 5 heteroatoms. The van der Waals surface area contributed by atoms with Crippen LogP contribution in [0.25, 0.3) is 5.69 Å². The Morgan fingerprint density at radius 2 is 1.93 bits per heavy atom. The van der Waals surface area contributed by atoms with Gasteiger partial charge in [-0.15, -0.1) is 11.6 Å². The smallest absolute Gasteiger partial charge is 0.150 e. The molecule has 0 bridgehead atoms. The normalized spacial score (nSPS) is 10.6. The highest BCUT2D eigenvalue weighted by Gasteiger charge is 2.10. The van der Waals surface area contributed by atoms with Gasteiger partial charge < -0.3 is 4.57 Å². The van der Waals surface area contributed by atoms with E-state index in [0.29, 0.717) is 5.69 Å². The van der Waals surface area contributed by atoms with E-state index in [4.69, 9.17) is 11.6 Å². The first-order valence-electron chi connectivity index (χ1n) is 4.25. The molecule has 2 rings (SSSR count). The maximum atomic E-state index is 13.3. The van der Waals surface area contributed by atoms with Crippen molar-refractivity contribution in [1.29, 1.82) is 0 Å². The Morgan fingerprint density at radius 3 is 2.47 bits per heavy atom. The van der Waals surface area contributed by atoms with Crippen LogP contribution in [0.3, 0.4) is 0 Å². The number of alkyl halides is 1. The number of benzene rings is 1. The van der Waals surface area contributed by atoms with Gasteiger partial charge >= 0.3 is 0 Å². The molecular weight excluding hydrogens is 222 g/mol. The van der Waals surface area contributed by atoms with Crippen LogP contribution in [0.1, 0.15) is 5.69 Å². The van der Waals surface area contributed by atoms with E-state index < -0.39 is 11.6 Å². The number of hydrogen-bond donors (Lipinski definition) is 0. The Bertz CT molecular complexity index is 462. The van der Waals surface area contributed by atoms with Gasteiger partial charge in [0.15, 0.2) is 0 Å². The summed E-state index contributed by atoms with van der Waals surface area (Å²) in [6.07, 6.45) is 2.83. The van der Waals surface area contributed by atoms with Crippen molar-refractivity contribution in [1.82, 2.24) is 9.55 Å². The van der Waals surface area contributed by atoms with E-state index in [1.165, 1.54) is 35.3 Å². The molecule has 0 aliphatic heterocycles. The van der Waals surface area contributed by atoms with Crippen LogP contribution in [0, 0.1) is 11.6 Å². The van der Waals surface area contributed by atoms with Gasteiger partial charge in [0.25, 0.3) is 0 Å². The summed E-state index contributed by atoms with van der Waals surface area (Å²) in [5.74, 6) is -1.05. The van der Waals surface area contributed by atoms with E-state index in [-0.39, 0.29) is 11.6 Å². The number of aromatic nitrogens is 2. The second-order valence-electron chi connectivity index (χ2n) is 2.98. The van der Waals surface area contributed by atoms with Crippen molar-refractivity contribution in [3.8, 4) is 5.69 Å². The second-order valence-corrected chi connectivity index (χ2v) is 3.24. The lowest BCUT2D eigenvalue weighted by molar-refractivity contribution is 0.569. The van der Waals surface area contributed by atoms with E-state index in [1.54, 1.807) is 0 Å². The van der Waals surface area contributed by atoms with Gasteiger partial charge in [-0.1, -0.05) is 6.07 Å². The van der Waals surface area contributed by atoms with Crippen molar-refractivity contribution in [3.63, 3.8) is 0 Å². The number of hydrogen-bond acceptors (Lipinski definition) is 1. The molecule has 2 nitrogen and oxygen atoms in total. The van der Waals surface area contributed by atoms with Crippen LogP contribution in [0.2, 0.25) is 0 Å². The molecule has 0 saturated carbocycles. The fourth-order valence-electron chi connectivity index (χ4n) is 1.29. The average molecular weight is 229 g/mol. The fraction of sp³-hybridized carbons (Fsp3) is 0.100. The Hall–Kier alpha value is -1.42. The lowest BCUT2D eigenvalue weighted by atomic mass is 10.3. The predicted molar refractivity (Wildman–Crippen MR) is 53.0 cm³/mol. The highest BCUT2D eigenvalue weighted by molar-refractivity contribution is 6.16. The molecule has 0 amide bonds. The van der Waals surface area contributed by atoms with Crippen LogP contribution in [0.15, 0.2) is 30.7 Å². The summed E-state index contributed by atoms with van der Waals surface area (Å²) in [5.41, 5.74) is 0.431. The minimum absolute atomic E-state index is 0.138. The highest BCUT2D eigenvalue weighted by atomic mass is 35.5. The summed E-state index contributed by atoms with van der Waals surface area (Å²) in [4.78, 5) is 3.89. The summed E-state index contributed by atoms with van der Waals surface area (Å²) in [7, 11) is 0. The Balaban J connectivity index is 2.53. The molecular formula is C10H7ClF2N2. The van der Waals surface area contributed by atoms with Crippen molar-refractivity contribution in [3.05, 3.63) is 48.1 Å². The third kappa shape index (κ3) is 1.85. The van der Waals surface area contributed by atoms with Gasteiger partial charge in [0, 0.05) is 6.20 Å². The minimum Gasteiger partial charge on any atom is -0.301 e. The van der Waals surface area contributed by atoms with E-state index in [0.717, 1.165) is 0 Å². The second kappa shape index (κ2) is 3.98. The molecule has 0 aliphatic rings. The number of para-hydroxylation sites is 1. The highest BCUT2D eigenvalue weighted by Crippen LogP contribution is 2.17. The zero-order valence-electron chi connectivity index (χ0n) is 7.62. The topological polar surface area (TPSA) is 17.8 Å². The van der Waals surface area contributed by atoms with Crippen LogP contribution >= 0.6 is 11.6 Å². The summed E-state index contributed by atoms with van der Waals surface area (Å²) in [6.45, 7) is 0. The molecule has 0 atom stereocenters. The molecule has 0 unspecified atom stereocenters. The Kier molecular flexibility index (Phi) is 2.68. The number of nitrogens with zero attached hydrogens (tertiary/aromatic N) is 2. The van der Waals surface area contributed by atoms with Crippen LogP contribution in [-0.4, -0.2) is 9.55 Å². The monoisotopic (exact) mass is 228 g/mol. The predicted octanol–water partition coefficient (Wildman–Crippen LogP) is 2.89. The SMILES string of the molecule is Fc1cccc(F)c1-n1cnc(CCl)c1. The zero-order chi connectivity index (χ0) is 10.8. The van der Waals surface area contributed by atoms with Crippen molar-refractivity contribution >= 4 is 11.6 Å². The van der Waals surface area contributed by atoms with Gasteiger partial charge in [-0.05, 0) is 12.1 Å². The maximum absolute atomic E-state index is 13.3. The van der Waals surface area contributed by atoms with E-state index in [1.807, 2.05) is 0 Å². The number of halogens is 3. The summed E-state index contributed by atoms with van der Waals surface area (Å²) >= 11 is 5.54. The largest absolute Gasteiger partial charge is 0.301 e. The molecule has 0 fully saturated rings. The van der Waals surface area contributed by atoms with Crippen molar-refractivity contribution in [2.24, 2.45) is 0 Å². The summed E-state index contributed by atoms with van der Waals surface area (Å²) in [6, 6.07) is 3.70. The molecule has 15 heavy (non-hydrogen) atoms. The molecule has 1 aromatic carbocycles. The van der Waals surface area contributed by atoms with Gasteiger partial charge in [-0.2, -0.15) is 0 Å². The molecule has 1 aromatic heterocycles. The van der Waals surface area contributed by atoms with Gasteiger partial charge in [0.2, 0.25) is 0 Å². The first kappa shape index (κ1) is 10.1. The quantitative estimate of drug-likeness (QED) is 0.723. The van der Waals surface area contributed by atoms with Gasteiger partial charge in [-0.3, -0.25) is 0 Å². The Labute approximate surface area is 90.1 Å². The molecule has 0 saturated heterocycles. The fourth-order valence-corrected chi connectivity index (χ4v) is 1.43. The lowest BCUT2D eigenvalue weighted by Gasteiger charge is -2.04. The van der Waals surface area contributed by atoms with Crippen LogP contribution in [0.5, 0.6) is 0 Å². The number of imidazole rings is 1. The van der Waals surface area contributed by atoms with E-state index >= 15 is 0 Å². The van der Waals surface area contributed by atoms with Crippen LogP contribution in [-0.2, 0) is 5.88 Å². The lowest BCUT2D eigenvalue weighted by Crippen LogP contribution is -1.98. The van der Waals surface area contributed by atoms with E-state index in [9.17, 15) is 8.78 Å². The van der Waals surface area contributed by atoms with E-state index in [2.05, 4.69) is 4.98 Å². The van der Waals surface area contributed by atoms with Gasteiger partial charge in [0.1, 0.15) is 17.3 Å². The average Bonchev–Trinajstić information content (AvgIpc) is 2.66. The van der Waals surface area contributed by atoms with Gasteiger partial charge in [-0.25, -0.2) is 13.8 Å². The summed E-state index contributed by atoms with van der Waals surface area (Å²) < 4.78 is 27.9. The van der Waals surface area contributed by atoms with Crippen molar-refractivity contribution in [2.75, 3.05) is 0 Å². The van der Waals surface area contributed by atoms with Crippen LogP contribution < -0.4 is 0 Å². The molecule has 0 radical (unpaired) electrons. The van der Waals surface area contributed by atoms with Crippen molar-refractivity contribution in [2.45, 2.75) is 5.88 Å². The molecule has 1 heterocycles. The van der Waals surface area contributed by atoms with Gasteiger partial charge in [0.05, 0.1) is 17.9 Å². The Morgan fingerprint density at radius 1 is 1.27 bits per heavy atom. The van der Waals surface area contributed by atoms with Crippen LogP contribution in [0.4, 0.5) is 8.78 Å². The molecule has 78 valence electrons. The number of rotatable bonds is 2.